The Morgan fingerprint density at radius 2 is 1.48 bits per heavy atom. The van der Waals surface area contributed by atoms with Gasteiger partial charge >= 0.3 is 0 Å². The number of piperazine rings is 1. The molecule has 1 amide bonds. The molecule has 0 saturated carbocycles. The second kappa shape index (κ2) is 8.26. The van der Waals surface area contributed by atoms with Crippen LogP contribution in [0.1, 0.15) is 18.1 Å². The highest BCUT2D eigenvalue weighted by atomic mass is 32.2. The molecule has 0 aromatic heterocycles. The van der Waals surface area contributed by atoms with Gasteiger partial charge in [-0.2, -0.15) is 4.31 Å². The van der Waals surface area contributed by atoms with E-state index in [-0.39, 0.29) is 11.9 Å². The largest absolute Gasteiger partial charge is 0.337 e. The molecule has 1 atom stereocenters. The van der Waals surface area contributed by atoms with Crippen LogP contribution >= 0.6 is 0 Å². The van der Waals surface area contributed by atoms with Gasteiger partial charge in [-0.25, -0.2) is 8.42 Å². The van der Waals surface area contributed by atoms with Gasteiger partial charge in [-0.05, 0) is 36.6 Å². The van der Waals surface area contributed by atoms with Gasteiger partial charge in [0.05, 0.1) is 10.9 Å². The highest BCUT2D eigenvalue weighted by Crippen LogP contribution is 2.22. The van der Waals surface area contributed by atoms with E-state index in [0.717, 1.165) is 13.0 Å². The molecule has 29 heavy (non-hydrogen) atoms. The van der Waals surface area contributed by atoms with E-state index in [1.165, 1.54) is 15.4 Å². The molecule has 0 unspecified atom stereocenters. The maximum absolute atomic E-state index is 13.1. The van der Waals surface area contributed by atoms with Gasteiger partial charge in [-0.15, -0.1) is 0 Å². The average Bonchev–Trinajstić information content (AvgIpc) is 2.78. The number of nitrogens with zero attached hydrogens (tertiary/aromatic N) is 3. The van der Waals surface area contributed by atoms with Crippen LogP contribution in [0, 0.1) is 0 Å². The van der Waals surface area contributed by atoms with Crippen molar-refractivity contribution in [3.63, 3.8) is 0 Å². The fraction of sp³-hybridized carbons (Fsp3) is 0.409. The van der Waals surface area contributed by atoms with Gasteiger partial charge in [0.15, 0.2) is 0 Å². The summed E-state index contributed by atoms with van der Waals surface area (Å²) < 4.78 is 27.1. The van der Waals surface area contributed by atoms with Gasteiger partial charge in [0.2, 0.25) is 15.9 Å². The summed E-state index contributed by atoms with van der Waals surface area (Å²) in [5.74, 6) is 0.124. The minimum atomic E-state index is -3.47. The molecule has 0 spiro atoms. The van der Waals surface area contributed by atoms with Crippen molar-refractivity contribution in [2.24, 2.45) is 0 Å². The van der Waals surface area contributed by atoms with Crippen LogP contribution in [0.3, 0.4) is 0 Å². The van der Waals surface area contributed by atoms with Gasteiger partial charge in [-0.1, -0.05) is 42.5 Å². The molecule has 0 aliphatic carbocycles. The van der Waals surface area contributed by atoms with Crippen LogP contribution in [0.2, 0.25) is 0 Å². The standard InChI is InChI=1S/C22H27N3O3S/c1-18(22(26)24-12-11-19-7-5-6-8-20(19)17-24)23-13-15-25(16-14-23)29(27,28)21-9-3-2-4-10-21/h2-10,18H,11-17H2,1H3/t18-/m0/s1. The molecule has 2 aliphatic heterocycles. The summed E-state index contributed by atoms with van der Waals surface area (Å²) in [6, 6.07) is 16.6. The van der Waals surface area contributed by atoms with Crippen molar-refractivity contribution in [1.29, 1.82) is 0 Å². The minimum absolute atomic E-state index is 0.124. The lowest BCUT2D eigenvalue weighted by Gasteiger charge is -2.39. The van der Waals surface area contributed by atoms with Crippen LogP contribution in [-0.4, -0.2) is 67.2 Å². The van der Waals surface area contributed by atoms with Crippen LogP contribution in [0.25, 0.3) is 0 Å². The highest BCUT2D eigenvalue weighted by Gasteiger charge is 2.33. The van der Waals surface area contributed by atoms with Crippen LogP contribution in [0.4, 0.5) is 0 Å². The summed E-state index contributed by atoms with van der Waals surface area (Å²) in [4.78, 5) is 17.4. The molecule has 4 rings (SSSR count). The maximum Gasteiger partial charge on any atom is 0.243 e. The van der Waals surface area contributed by atoms with Gasteiger partial charge in [-0.3, -0.25) is 9.69 Å². The van der Waals surface area contributed by atoms with Crippen molar-refractivity contribution in [2.45, 2.75) is 30.8 Å². The first-order valence-electron chi connectivity index (χ1n) is 10.1. The third-order valence-corrected chi connectivity index (χ3v) is 7.91. The molecule has 0 N–H and O–H groups in total. The molecular weight excluding hydrogens is 386 g/mol. The summed E-state index contributed by atoms with van der Waals surface area (Å²) in [6.07, 6.45) is 0.887. The van der Waals surface area contributed by atoms with E-state index in [0.29, 0.717) is 37.6 Å². The molecule has 2 aromatic rings. The van der Waals surface area contributed by atoms with E-state index in [9.17, 15) is 13.2 Å². The normalized spacial score (nSPS) is 19.6. The lowest BCUT2D eigenvalue weighted by Crippen LogP contribution is -2.55. The Morgan fingerprint density at radius 3 is 2.17 bits per heavy atom. The topological polar surface area (TPSA) is 60.9 Å². The van der Waals surface area contributed by atoms with E-state index >= 15 is 0 Å². The molecule has 0 radical (unpaired) electrons. The number of benzene rings is 2. The van der Waals surface area contributed by atoms with Crippen molar-refractivity contribution in [3.05, 3.63) is 65.7 Å². The second-order valence-electron chi connectivity index (χ2n) is 7.71. The summed E-state index contributed by atoms with van der Waals surface area (Å²) in [7, 11) is -3.47. The van der Waals surface area contributed by atoms with Crippen molar-refractivity contribution < 1.29 is 13.2 Å². The molecule has 2 heterocycles. The Labute approximate surface area is 172 Å². The zero-order chi connectivity index (χ0) is 20.4. The first-order valence-corrected chi connectivity index (χ1v) is 11.6. The smallest absolute Gasteiger partial charge is 0.243 e. The quantitative estimate of drug-likeness (QED) is 0.769. The van der Waals surface area contributed by atoms with Crippen molar-refractivity contribution >= 4 is 15.9 Å². The molecular formula is C22H27N3O3S. The Hall–Kier alpha value is -2.22. The van der Waals surface area contributed by atoms with E-state index in [1.807, 2.05) is 30.0 Å². The fourth-order valence-corrected chi connectivity index (χ4v) is 5.62. The number of sulfonamides is 1. The average molecular weight is 414 g/mol. The van der Waals surface area contributed by atoms with E-state index in [4.69, 9.17) is 0 Å². The molecule has 6 nitrogen and oxygen atoms in total. The summed E-state index contributed by atoms with van der Waals surface area (Å²) >= 11 is 0. The number of fused-ring (bicyclic) bond motifs is 1. The van der Waals surface area contributed by atoms with Gasteiger partial charge in [0, 0.05) is 39.3 Å². The lowest BCUT2D eigenvalue weighted by molar-refractivity contribution is -0.137. The maximum atomic E-state index is 13.1. The van der Waals surface area contributed by atoms with Crippen LogP contribution in [0.5, 0.6) is 0 Å². The van der Waals surface area contributed by atoms with Crippen molar-refractivity contribution in [1.82, 2.24) is 14.1 Å². The molecule has 1 saturated heterocycles. The number of hydrogen-bond acceptors (Lipinski definition) is 4. The number of carbonyl (C=O) groups is 1. The molecule has 154 valence electrons. The highest BCUT2D eigenvalue weighted by molar-refractivity contribution is 7.89. The summed E-state index contributed by atoms with van der Waals surface area (Å²) in [6.45, 7) is 5.25. The molecule has 1 fully saturated rings. The first-order chi connectivity index (χ1) is 14.0. The third-order valence-electron chi connectivity index (χ3n) is 6.00. The van der Waals surface area contributed by atoms with Gasteiger partial charge < -0.3 is 4.90 Å². The van der Waals surface area contributed by atoms with E-state index in [2.05, 4.69) is 17.0 Å². The first kappa shape index (κ1) is 20.1. The molecule has 0 bridgehead atoms. The fourth-order valence-electron chi connectivity index (χ4n) is 4.18. The van der Waals surface area contributed by atoms with E-state index in [1.54, 1.807) is 24.3 Å². The Kier molecular flexibility index (Phi) is 5.72. The second-order valence-corrected chi connectivity index (χ2v) is 9.65. The molecule has 7 heteroatoms. The van der Waals surface area contributed by atoms with Crippen molar-refractivity contribution in [3.8, 4) is 0 Å². The predicted molar refractivity (Wildman–Crippen MR) is 112 cm³/mol. The van der Waals surface area contributed by atoms with Crippen molar-refractivity contribution in [2.75, 3.05) is 32.7 Å². The predicted octanol–water partition coefficient (Wildman–Crippen LogP) is 1.97. The zero-order valence-corrected chi connectivity index (χ0v) is 17.5. The SMILES string of the molecule is C[C@@H](C(=O)N1CCc2ccccc2C1)N1CCN(S(=O)(=O)c2ccccc2)CC1. The van der Waals surface area contributed by atoms with Crippen LogP contribution in [-0.2, 0) is 27.8 Å². The van der Waals surface area contributed by atoms with Crippen LogP contribution in [0.15, 0.2) is 59.5 Å². The Bertz CT molecular complexity index is 970. The monoisotopic (exact) mass is 413 g/mol. The third kappa shape index (κ3) is 4.08. The number of hydrogen-bond donors (Lipinski definition) is 0. The van der Waals surface area contributed by atoms with E-state index < -0.39 is 10.0 Å². The zero-order valence-electron chi connectivity index (χ0n) is 16.7. The number of rotatable bonds is 4. The van der Waals surface area contributed by atoms with Gasteiger partial charge in [0.1, 0.15) is 0 Å². The Balaban J connectivity index is 1.37. The lowest BCUT2D eigenvalue weighted by atomic mass is 9.99. The minimum Gasteiger partial charge on any atom is -0.337 e. The number of carbonyl (C=O) groups excluding carboxylic acids is 1. The Morgan fingerprint density at radius 1 is 0.862 bits per heavy atom. The van der Waals surface area contributed by atoms with Crippen LogP contribution < -0.4 is 0 Å². The number of amides is 1. The van der Waals surface area contributed by atoms with Gasteiger partial charge in [0.25, 0.3) is 0 Å². The summed E-state index contributed by atoms with van der Waals surface area (Å²) in [5.41, 5.74) is 2.54. The molecule has 2 aromatic carbocycles. The molecule has 2 aliphatic rings. The summed E-state index contributed by atoms with van der Waals surface area (Å²) in [5, 5.41) is 0.